The van der Waals surface area contributed by atoms with Crippen molar-refractivity contribution in [1.29, 1.82) is 0 Å². The summed E-state index contributed by atoms with van der Waals surface area (Å²) < 4.78 is 5.54. The lowest BCUT2D eigenvalue weighted by Gasteiger charge is -2.44. The maximum atomic E-state index is 5.54. The number of likely N-dealkylation sites (N-methyl/N-ethyl adjacent to an activating group) is 1. The Labute approximate surface area is 113 Å². The zero-order chi connectivity index (χ0) is 13.6. The van der Waals surface area contributed by atoms with E-state index in [9.17, 15) is 0 Å². The number of nitrogens with one attached hydrogen (secondary N) is 1. The quantitative estimate of drug-likeness (QED) is 0.756. The second-order valence-electron chi connectivity index (χ2n) is 5.66. The largest absolute Gasteiger partial charge is 0.501 e. The summed E-state index contributed by atoms with van der Waals surface area (Å²) in [6.07, 6.45) is 6.58. The number of rotatable bonds is 7. The molecule has 1 heterocycles. The van der Waals surface area contributed by atoms with Gasteiger partial charge in [-0.15, -0.1) is 0 Å². The molecule has 2 unspecified atom stereocenters. The molecule has 0 aromatic rings. The van der Waals surface area contributed by atoms with Gasteiger partial charge in [-0.2, -0.15) is 0 Å². The van der Waals surface area contributed by atoms with E-state index in [-0.39, 0.29) is 5.54 Å². The van der Waals surface area contributed by atoms with Gasteiger partial charge in [0.2, 0.25) is 0 Å². The summed E-state index contributed by atoms with van der Waals surface area (Å²) in [6.45, 7) is 8.76. The molecule has 0 aromatic heterocycles. The van der Waals surface area contributed by atoms with Crippen molar-refractivity contribution in [2.24, 2.45) is 0 Å². The van der Waals surface area contributed by atoms with Gasteiger partial charge >= 0.3 is 0 Å². The summed E-state index contributed by atoms with van der Waals surface area (Å²) in [5.74, 6) is 0. The lowest BCUT2D eigenvalue weighted by Crippen LogP contribution is -2.58. The summed E-state index contributed by atoms with van der Waals surface area (Å²) in [5, 5.41) is 3.72. The van der Waals surface area contributed by atoms with Crippen molar-refractivity contribution >= 4 is 0 Å². The van der Waals surface area contributed by atoms with Gasteiger partial charge in [0.25, 0.3) is 0 Å². The molecular formula is C15H30N2O. The molecule has 0 saturated carbocycles. The second-order valence-corrected chi connectivity index (χ2v) is 5.66. The van der Waals surface area contributed by atoms with Gasteiger partial charge in [-0.1, -0.05) is 13.8 Å². The minimum absolute atomic E-state index is 0.141. The van der Waals surface area contributed by atoms with Crippen LogP contribution in [0.2, 0.25) is 0 Å². The Hall–Kier alpha value is -0.540. The molecule has 1 aliphatic rings. The molecule has 1 rings (SSSR count). The lowest BCUT2D eigenvalue weighted by molar-refractivity contribution is 0.118. The Balaban J connectivity index is 2.91. The van der Waals surface area contributed by atoms with E-state index in [2.05, 4.69) is 45.1 Å². The first-order chi connectivity index (χ1) is 8.56. The zero-order valence-electron chi connectivity index (χ0n) is 12.8. The maximum Gasteiger partial charge on any atom is 0.0876 e. The lowest BCUT2D eigenvalue weighted by atomic mass is 9.81. The molecule has 2 atom stereocenters. The number of ether oxygens (including phenoxy) is 1. The van der Waals surface area contributed by atoms with Crippen LogP contribution in [0.15, 0.2) is 11.8 Å². The van der Waals surface area contributed by atoms with Crippen LogP contribution < -0.4 is 5.32 Å². The first-order valence-corrected chi connectivity index (χ1v) is 7.27. The van der Waals surface area contributed by atoms with Crippen LogP contribution in [0.25, 0.3) is 0 Å². The monoisotopic (exact) mass is 254 g/mol. The van der Waals surface area contributed by atoms with Crippen molar-refractivity contribution in [3.63, 3.8) is 0 Å². The summed E-state index contributed by atoms with van der Waals surface area (Å²) in [7, 11) is 4.35. The number of hydrogen-bond donors (Lipinski definition) is 1. The van der Waals surface area contributed by atoms with E-state index in [1.54, 1.807) is 0 Å². The van der Waals surface area contributed by atoms with Crippen LogP contribution in [0.3, 0.4) is 0 Å². The van der Waals surface area contributed by atoms with Crippen molar-refractivity contribution in [3.05, 3.63) is 11.8 Å². The van der Waals surface area contributed by atoms with E-state index < -0.39 is 0 Å². The molecule has 0 bridgehead atoms. The fourth-order valence-electron chi connectivity index (χ4n) is 2.61. The first-order valence-electron chi connectivity index (χ1n) is 7.27. The van der Waals surface area contributed by atoms with E-state index >= 15 is 0 Å². The molecule has 0 aromatic carbocycles. The Morgan fingerprint density at radius 2 is 2.17 bits per heavy atom. The fraction of sp³-hybridized carbons (Fsp3) is 0.867. The average molecular weight is 254 g/mol. The third-order valence-electron chi connectivity index (χ3n) is 4.29. The normalized spacial score (nSPS) is 21.1. The third kappa shape index (κ3) is 3.48. The molecule has 0 spiro atoms. The number of hydrogen-bond acceptors (Lipinski definition) is 3. The molecule has 0 aliphatic carbocycles. The molecule has 106 valence electrons. The molecule has 0 saturated heterocycles. The highest BCUT2D eigenvalue weighted by Gasteiger charge is 2.37. The van der Waals surface area contributed by atoms with Crippen LogP contribution >= 0.6 is 0 Å². The van der Waals surface area contributed by atoms with Gasteiger partial charge in [-0.05, 0) is 58.8 Å². The Kier molecular flexibility index (Phi) is 6.16. The van der Waals surface area contributed by atoms with Crippen LogP contribution in [0.1, 0.15) is 46.5 Å². The van der Waals surface area contributed by atoms with Gasteiger partial charge in [-0.3, -0.25) is 0 Å². The third-order valence-corrected chi connectivity index (χ3v) is 4.29. The van der Waals surface area contributed by atoms with Gasteiger partial charge in [0.1, 0.15) is 0 Å². The van der Waals surface area contributed by atoms with E-state index in [1.807, 2.05) is 6.26 Å². The van der Waals surface area contributed by atoms with Crippen molar-refractivity contribution in [2.75, 3.05) is 27.2 Å². The summed E-state index contributed by atoms with van der Waals surface area (Å²) in [5.41, 5.74) is 1.56. The van der Waals surface area contributed by atoms with Gasteiger partial charge < -0.3 is 15.0 Å². The first kappa shape index (κ1) is 15.5. The summed E-state index contributed by atoms with van der Waals surface area (Å²) in [6, 6.07) is 0.387. The molecule has 3 heteroatoms. The molecule has 1 N–H and O–H groups in total. The molecule has 18 heavy (non-hydrogen) atoms. The zero-order valence-corrected chi connectivity index (χ0v) is 12.8. The van der Waals surface area contributed by atoms with Crippen LogP contribution in [-0.4, -0.2) is 43.7 Å². The van der Waals surface area contributed by atoms with Crippen molar-refractivity contribution in [3.8, 4) is 0 Å². The van der Waals surface area contributed by atoms with E-state index in [0.29, 0.717) is 6.04 Å². The molecule has 0 amide bonds. The maximum absolute atomic E-state index is 5.54. The van der Waals surface area contributed by atoms with Crippen molar-refractivity contribution < 1.29 is 4.74 Å². The standard InChI is InChI=1S/C15H30N2O/c1-6-10-16-14(13-9-8-11-18-12-13)15(3,7-2)17(4)5/h12,14,16H,6-11H2,1-5H3. The molecule has 0 radical (unpaired) electrons. The molecule has 0 fully saturated rings. The topological polar surface area (TPSA) is 24.5 Å². The Bertz CT molecular complexity index is 276. The average Bonchev–Trinajstić information content (AvgIpc) is 2.39. The molecule has 3 nitrogen and oxygen atoms in total. The van der Waals surface area contributed by atoms with Gasteiger partial charge in [0.15, 0.2) is 0 Å². The SMILES string of the molecule is CCCNC(C1=COCCC1)C(C)(CC)N(C)C. The van der Waals surface area contributed by atoms with E-state index in [0.717, 1.165) is 38.8 Å². The van der Waals surface area contributed by atoms with Crippen LogP contribution in [0.5, 0.6) is 0 Å². The minimum atomic E-state index is 0.141. The van der Waals surface area contributed by atoms with E-state index in [1.165, 1.54) is 5.57 Å². The predicted molar refractivity (Wildman–Crippen MR) is 77.7 cm³/mol. The molecule has 1 aliphatic heterocycles. The summed E-state index contributed by atoms with van der Waals surface area (Å²) >= 11 is 0. The van der Waals surface area contributed by atoms with Gasteiger partial charge in [0.05, 0.1) is 12.9 Å². The highest BCUT2D eigenvalue weighted by atomic mass is 16.5. The predicted octanol–water partition coefficient (Wildman–Crippen LogP) is 2.78. The Morgan fingerprint density at radius 3 is 2.61 bits per heavy atom. The van der Waals surface area contributed by atoms with E-state index in [4.69, 9.17) is 4.74 Å². The van der Waals surface area contributed by atoms with Crippen molar-refractivity contribution in [1.82, 2.24) is 10.2 Å². The van der Waals surface area contributed by atoms with Gasteiger partial charge in [0, 0.05) is 11.6 Å². The number of nitrogens with zero attached hydrogens (tertiary/aromatic N) is 1. The van der Waals surface area contributed by atoms with Crippen LogP contribution in [0.4, 0.5) is 0 Å². The minimum Gasteiger partial charge on any atom is -0.501 e. The molecular weight excluding hydrogens is 224 g/mol. The highest BCUT2D eigenvalue weighted by molar-refractivity contribution is 5.18. The smallest absolute Gasteiger partial charge is 0.0876 e. The Morgan fingerprint density at radius 1 is 1.44 bits per heavy atom. The van der Waals surface area contributed by atoms with Crippen molar-refractivity contribution in [2.45, 2.75) is 58.0 Å². The van der Waals surface area contributed by atoms with Crippen LogP contribution in [0, 0.1) is 0 Å². The highest BCUT2D eigenvalue weighted by Crippen LogP contribution is 2.29. The fourth-order valence-corrected chi connectivity index (χ4v) is 2.61. The van der Waals surface area contributed by atoms with Gasteiger partial charge in [-0.25, -0.2) is 0 Å². The van der Waals surface area contributed by atoms with Crippen LogP contribution in [-0.2, 0) is 4.74 Å². The summed E-state index contributed by atoms with van der Waals surface area (Å²) in [4.78, 5) is 2.34. The second kappa shape index (κ2) is 7.15.